The minimum Gasteiger partial charge on any atom is -0.492 e. The van der Waals surface area contributed by atoms with Crippen molar-refractivity contribution < 1.29 is 14.3 Å². The Bertz CT molecular complexity index is 732. The van der Waals surface area contributed by atoms with Crippen molar-refractivity contribution >= 4 is 22.9 Å². The largest absolute Gasteiger partial charge is 0.492 e. The van der Waals surface area contributed by atoms with Crippen molar-refractivity contribution in [1.29, 1.82) is 0 Å². The highest BCUT2D eigenvalue weighted by atomic mass is 32.1. The predicted molar refractivity (Wildman–Crippen MR) is 113 cm³/mol. The number of nitrogens with zero attached hydrogens (tertiary/aromatic N) is 1. The molecule has 1 amide bonds. The molecule has 1 aliphatic heterocycles. The van der Waals surface area contributed by atoms with E-state index in [4.69, 9.17) is 9.47 Å². The van der Waals surface area contributed by atoms with E-state index in [9.17, 15) is 4.79 Å². The van der Waals surface area contributed by atoms with Gasteiger partial charge in [-0.2, -0.15) is 0 Å². The SMILES string of the molecule is CCOc1ccccc1NC(=O)C(C)NCC(c1cccs1)N1CCOCC1. The van der Waals surface area contributed by atoms with Crippen LogP contribution in [0.25, 0.3) is 0 Å². The summed E-state index contributed by atoms with van der Waals surface area (Å²) in [6.07, 6.45) is 0. The Morgan fingerprint density at radius 2 is 2.04 bits per heavy atom. The maximum absolute atomic E-state index is 12.7. The van der Waals surface area contributed by atoms with Crippen LogP contribution in [-0.4, -0.2) is 56.3 Å². The molecule has 6 nitrogen and oxygen atoms in total. The number of ether oxygens (including phenoxy) is 2. The zero-order chi connectivity index (χ0) is 19.8. The third-order valence-electron chi connectivity index (χ3n) is 4.81. The first-order valence-corrected chi connectivity index (χ1v) is 10.7. The number of anilines is 1. The number of rotatable bonds is 9. The maximum Gasteiger partial charge on any atom is 0.241 e. The van der Waals surface area contributed by atoms with E-state index in [2.05, 4.69) is 33.0 Å². The van der Waals surface area contributed by atoms with Gasteiger partial charge < -0.3 is 20.1 Å². The molecule has 1 aromatic carbocycles. The van der Waals surface area contributed by atoms with E-state index in [0.29, 0.717) is 24.6 Å². The molecule has 2 aromatic rings. The van der Waals surface area contributed by atoms with Gasteiger partial charge >= 0.3 is 0 Å². The molecule has 1 aliphatic rings. The van der Waals surface area contributed by atoms with Crippen LogP contribution in [0, 0.1) is 0 Å². The smallest absolute Gasteiger partial charge is 0.241 e. The van der Waals surface area contributed by atoms with Crippen molar-refractivity contribution in [2.45, 2.75) is 25.9 Å². The maximum atomic E-state index is 12.7. The van der Waals surface area contributed by atoms with Crippen LogP contribution in [0.15, 0.2) is 41.8 Å². The molecule has 3 rings (SSSR count). The molecule has 1 fully saturated rings. The first kappa shape index (κ1) is 20.8. The minimum atomic E-state index is -0.321. The van der Waals surface area contributed by atoms with Gasteiger partial charge in [-0.3, -0.25) is 9.69 Å². The second-order valence-electron chi connectivity index (χ2n) is 6.73. The van der Waals surface area contributed by atoms with Crippen molar-refractivity contribution in [2.24, 2.45) is 0 Å². The Morgan fingerprint density at radius 1 is 1.25 bits per heavy atom. The number of carbonyl (C=O) groups is 1. The molecule has 2 heterocycles. The summed E-state index contributed by atoms with van der Waals surface area (Å²) >= 11 is 1.76. The van der Waals surface area contributed by atoms with E-state index < -0.39 is 0 Å². The highest BCUT2D eigenvalue weighted by Gasteiger charge is 2.25. The van der Waals surface area contributed by atoms with E-state index in [1.807, 2.05) is 38.1 Å². The monoisotopic (exact) mass is 403 g/mol. The van der Waals surface area contributed by atoms with Crippen molar-refractivity contribution in [2.75, 3.05) is 44.8 Å². The van der Waals surface area contributed by atoms with Crippen LogP contribution in [0.2, 0.25) is 0 Å². The molecule has 0 saturated carbocycles. The van der Waals surface area contributed by atoms with Crippen LogP contribution in [0.3, 0.4) is 0 Å². The molecule has 2 N–H and O–H groups in total. The van der Waals surface area contributed by atoms with Crippen LogP contribution >= 0.6 is 11.3 Å². The van der Waals surface area contributed by atoms with Crippen LogP contribution in [-0.2, 0) is 9.53 Å². The van der Waals surface area contributed by atoms with Gasteiger partial charge in [0.15, 0.2) is 0 Å². The third kappa shape index (κ3) is 5.54. The Labute approximate surface area is 170 Å². The second-order valence-corrected chi connectivity index (χ2v) is 7.71. The topological polar surface area (TPSA) is 62.8 Å². The van der Waals surface area contributed by atoms with Crippen LogP contribution in [0.5, 0.6) is 5.75 Å². The highest BCUT2D eigenvalue weighted by molar-refractivity contribution is 7.10. The normalized spacial score (nSPS) is 17.1. The molecule has 0 radical (unpaired) electrons. The summed E-state index contributed by atoms with van der Waals surface area (Å²) in [7, 11) is 0. The lowest BCUT2D eigenvalue weighted by atomic mass is 10.1. The van der Waals surface area contributed by atoms with Crippen molar-refractivity contribution in [3.8, 4) is 5.75 Å². The standard InChI is InChI=1S/C21H29N3O3S/c1-3-27-19-8-5-4-7-17(19)23-21(25)16(2)22-15-18(20-9-6-14-28-20)24-10-12-26-13-11-24/h4-9,14,16,18,22H,3,10-13,15H2,1-2H3,(H,23,25). The molecule has 0 aliphatic carbocycles. The fourth-order valence-electron chi connectivity index (χ4n) is 3.25. The molecule has 7 heteroatoms. The lowest BCUT2D eigenvalue weighted by molar-refractivity contribution is -0.117. The average Bonchev–Trinajstić information content (AvgIpc) is 3.25. The molecule has 28 heavy (non-hydrogen) atoms. The van der Waals surface area contributed by atoms with Crippen molar-refractivity contribution in [1.82, 2.24) is 10.2 Å². The Balaban J connectivity index is 1.59. The average molecular weight is 404 g/mol. The van der Waals surface area contributed by atoms with E-state index in [1.54, 1.807) is 11.3 Å². The molecular weight excluding hydrogens is 374 g/mol. The number of morpholine rings is 1. The van der Waals surface area contributed by atoms with Crippen molar-refractivity contribution in [3.05, 3.63) is 46.7 Å². The van der Waals surface area contributed by atoms with Gasteiger partial charge in [0.05, 0.1) is 37.6 Å². The fourth-order valence-corrected chi connectivity index (χ4v) is 4.11. The first-order chi connectivity index (χ1) is 13.7. The molecular formula is C21H29N3O3S. The van der Waals surface area contributed by atoms with E-state index >= 15 is 0 Å². The van der Waals surface area contributed by atoms with Gasteiger partial charge in [-0.1, -0.05) is 18.2 Å². The number of benzene rings is 1. The zero-order valence-corrected chi connectivity index (χ0v) is 17.3. The Morgan fingerprint density at radius 3 is 2.75 bits per heavy atom. The number of carbonyl (C=O) groups excluding carboxylic acids is 1. The summed E-state index contributed by atoms with van der Waals surface area (Å²) < 4.78 is 11.1. The lowest BCUT2D eigenvalue weighted by Gasteiger charge is -2.34. The van der Waals surface area contributed by atoms with Gasteiger partial charge in [-0.05, 0) is 37.4 Å². The molecule has 2 atom stereocenters. The summed E-state index contributed by atoms with van der Waals surface area (Å²) in [4.78, 5) is 16.4. The molecule has 0 spiro atoms. The van der Waals surface area contributed by atoms with E-state index in [1.165, 1.54) is 4.88 Å². The zero-order valence-electron chi connectivity index (χ0n) is 16.5. The van der Waals surface area contributed by atoms with Gasteiger partial charge in [0, 0.05) is 24.5 Å². The summed E-state index contributed by atoms with van der Waals surface area (Å²) in [5, 5.41) is 8.49. The molecule has 2 unspecified atom stereocenters. The summed E-state index contributed by atoms with van der Waals surface area (Å²) in [5.74, 6) is 0.620. The molecule has 1 saturated heterocycles. The van der Waals surface area contributed by atoms with E-state index in [-0.39, 0.29) is 18.0 Å². The number of amides is 1. The number of hydrogen-bond donors (Lipinski definition) is 2. The van der Waals surface area contributed by atoms with Crippen molar-refractivity contribution in [3.63, 3.8) is 0 Å². The molecule has 1 aromatic heterocycles. The Hall–Kier alpha value is -1.93. The van der Waals surface area contributed by atoms with Crippen LogP contribution in [0.4, 0.5) is 5.69 Å². The van der Waals surface area contributed by atoms with Gasteiger partial charge in [0.1, 0.15) is 5.75 Å². The minimum absolute atomic E-state index is 0.0703. The van der Waals surface area contributed by atoms with E-state index in [0.717, 1.165) is 26.3 Å². The summed E-state index contributed by atoms with van der Waals surface area (Å²) in [6, 6.07) is 11.7. The number of para-hydroxylation sites is 2. The van der Waals surface area contributed by atoms with Gasteiger partial charge in [0.25, 0.3) is 0 Å². The van der Waals surface area contributed by atoms with Gasteiger partial charge in [-0.25, -0.2) is 0 Å². The van der Waals surface area contributed by atoms with Crippen LogP contribution in [0.1, 0.15) is 24.8 Å². The lowest BCUT2D eigenvalue weighted by Crippen LogP contribution is -2.46. The van der Waals surface area contributed by atoms with Crippen LogP contribution < -0.4 is 15.4 Å². The molecule has 0 bridgehead atoms. The Kier molecular flexibility index (Phi) is 7.85. The molecule has 152 valence electrons. The first-order valence-electron chi connectivity index (χ1n) is 9.80. The van der Waals surface area contributed by atoms with Gasteiger partial charge in [0.2, 0.25) is 5.91 Å². The quantitative estimate of drug-likeness (QED) is 0.674. The number of hydrogen-bond acceptors (Lipinski definition) is 6. The second kappa shape index (κ2) is 10.6. The summed E-state index contributed by atoms with van der Waals surface area (Å²) in [5.41, 5.74) is 0.700. The third-order valence-corrected chi connectivity index (χ3v) is 5.79. The summed E-state index contributed by atoms with van der Waals surface area (Å²) in [6.45, 7) is 8.42. The number of nitrogens with one attached hydrogen (secondary N) is 2. The highest BCUT2D eigenvalue weighted by Crippen LogP contribution is 2.26. The van der Waals surface area contributed by atoms with Gasteiger partial charge in [-0.15, -0.1) is 11.3 Å². The fraction of sp³-hybridized carbons (Fsp3) is 0.476. The predicted octanol–water partition coefficient (Wildman–Crippen LogP) is 3.14. The number of thiophene rings is 1.